The van der Waals surface area contributed by atoms with Crippen LogP contribution >= 0.6 is 11.3 Å². The molecule has 48 heavy (non-hydrogen) atoms. The fraction of sp³-hybridized carbons (Fsp3) is 0.132. The zero-order valence-electron chi connectivity index (χ0n) is 26.7. The lowest BCUT2D eigenvalue weighted by molar-refractivity contribution is 0.561. The lowest BCUT2D eigenvalue weighted by Crippen LogP contribution is -2.28. The average Bonchev–Trinajstić information content (AvgIpc) is 3.52. The predicted molar refractivity (Wildman–Crippen MR) is 195 cm³/mol. The molecule has 0 saturated heterocycles. The Hall–Kier alpha value is -4.77. The highest BCUT2D eigenvalue weighted by molar-refractivity contribution is 7.91. The first-order chi connectivity index (χ1) is 22.8. The maximum Gasteiger partial charge on any atom is 0.175 e. The van der Waals surface area contributed by atoms with Crippen LogP contribution in [0.15, 0.2) is 121 Å². The molecule has 0 amide bonds. The van der Waals surface area contributed by atoms with Crippen LogP contribution in [-0.4, -0.2) is 44.3 Å². The van der Waals surface area contributed by atoms with Crippen molar-refractivity contribution < 1.29 is 16.8 Å². The van der Waals surface area contributed by atoms with Gasteiger partial charge in [0.05, 0.1) is 25.7 Å². The number of aromatic nitrogens is 3. The molecule has 10 heteroatoms. The molecule has 0 aliphatic heterocycles. The molecule has 0 saturated carbocycles. The third-order valence-electron chi connectivity index (χ3n) is 8.86. The highest BCUT2D eigenvalue weighted by Gasteiger charge is 2.33. The van der Waals surface area contributed by atoms with E-state index < -0.39 is 24.4 Å². The van der Waals surface area contributed by atoms with Crippen LogP contribution < -0.4 is 0 Å². The SMILES string of the molecule is CC(C)(c1cc(-c2cccc(-c3sc(-c4cccc5cnccc45)nc3-c3ccc(S(C)(=O)=O)cc3)c2)c2ncccc2c1)S(C)(=O)=O. The number of benzene rings is 4. The molecular formula is C38H31N3O4S3. The predicted octanol–water partition coefficient (Wildman–Crippen LogP) is 8.59. The molecule has 0 unspecified atom stereocenters. The van der Waals surface area contributed by atoms with Crippen LogP contribution in [0.5, 0.6) is 0 Å². The fourth-order valence-corrected chi connectivity index (χ4v) is 8.10. The summed E-state index contributed by atoms with van der Waals surface area (Å²) in [5.74, 6) is 0. The molecular weight excluding hydrogens is 659 g/mol. The second-order valence-electron chi connectivity index (χ2n) is 12.4. The molecule has 0 spiro atoms. The van der Waals surface area contributed by atoms with Gasteiger partial charge in [0.15, 0.2) is 19.7 Å². The van der Waals surface area contributed by atoms with Gasteiger partial charge in [-0.3, -0.25) is 9.97 Å². The van der Waals surface area contributed by atoms with E-state index in [0.717, 1.165) is 65.1 Å². The minimum absolute atomic E-state index is 0.239. The second-order valence-corrected chi connectivity index (χ2v) is 17.9. The quantitative estimate of drug-likeness (QED) is 0.165. The highest BCUT2D eigenvalue weighted by atomic mass is 32.2. The molecule has 0 N–H and O–H groups in total. The Morgan fingerprint density at radius 1 is 0.688 bits per heavy atom. The first kappa shape index (κ1) is 31.8. The van der Waals surface area contributed by atoms with Crippen molar-refractivity contribution >= 4 is 52.7 Å². The van der Waals surface area contributed by atoms with Crippen LogP contribution in [0.25, 0.3) is 65.1 Å². The smallest absolute Gasteiger partial charge is 0.175 e. The third-order valence-corrected chi connectivity index (χ3v) is 13.2. The van der Waals surface area contributed by atoms with Crippen molar-refractivity contribution in [2.45, 2.75) is 23.5 Å². The third kappa shape index (κ3) is 5.70. The Bertz CT molecular complexity index is 2590. The minimum Gasteiger partial charge on any atom is -0.264 e. The summed E-state index contributed by atoms with van der Waals surface area (Å²) in [4.78, 5) is 15.3. The Balaban J connectivity index is 1.44. The topological polar surface area (TPSA) is 107 Å². The van der Waals surface area contributed by atoms with Gasteiger partial charge in [0.1, 0.15) is 5.01 Å². The summed E-state index contributed by atoms with van der Waals surface area (Å²) in [5.41, 5.74) is 6.57. The molecule has 7 aromatic rings. The number of rotatable bonds is 7. The number of thiazole rings is 1. The summed E-state index contributed by atoms with van der Waals surface area (Å²) in [6.07, 6.45) is 7.80. The summed E-state index contributed by atoms with van der Waals surface area (Å²) in [6, 6.07) is 30.6. The van der Waals surface area contributed by atoms with Crippen LogP contribution in [0.4, 0.5) is 0 Å². The van der Waals surface area contributed by atoms with Crippen molar-refractivity contribution in [1.29, 1.82) is 0 Å². The summed E-state index contributed by atoms with van der Waals surface area (Å²) in [6.45, 7) is 3.45. The maximum atomic E-state index is 12.9. The molecule has 240 valence electrons. The van der Waals surface area contributed by atoms with Gasteiger partial charge in [-0.25, -0.2) is 21.8 Å². The van der Waals surface area contributed by atoms with Gasteiger partial charge in [0, 0.05) is 58.6 Å². The highest BCUT2D eigenvalue weighted by Crippen LogP contribution is 2.44. The van der Waals surface area contributed by atoms with Crippen molar-refractivity contribution in [2.24, 2.45) is 0 Å². The Kier molecular flexibility index (Phi) is 7.77. The number of pyridine rings is 2. The Morgan fingerprint density at radius 2 is 1.42 bits per heavy atom. The van der Waals surface area contributed by atoms with E-state index in [1.165, 1.54) is 12.5 Å². The zero-order chi connectivity index (χ0) is 33.8. The van der Waals surface area contributed by atoms with Crippen molar-refractivity contribution in [3.8, 4) is 43.4 Å². The van der Waals surface area contributed by atoms with E-state index in [2.05, 4.69) is 11.1 Å². The van der Waals surface area contributed by atoms with E-state index in [1.807, 2.05) is 72.9 Å². The van der Waals surface area contributed by atoms with Gasteiger partial charge in [-0.1, -0.05) is 54.6 Å². The van der Waals surface area contributed by atoms with Gasteiger partial charge >= 0.3 is 0 Å². The van der Waals surface area contributed by atoms with E-state index in [-0.39, 0.29) is 4.90 Å². The molecule has 0 bridgehead atoms. The molecule has 3 aromatic heterocycles. The number of fused-ring (bicyclic) bond motifs is 2. The number of nitrogens with zero attached hydrogens (tertiary/aromatic N) is 3. The number of hydrogen-bond donors (Lipinski definition) is 0. The monoisotopic (exact) mass is 689 g/mol. The van der Waals surface area contributed by atoms with E-state index in [0.29, 0.717) is 5.56 Å². The molecule has 7 rings (SSSR count). The second kappa shape index (κ2) is 11.7. The zero-order valence-corrected chi connectivity index (χ0v) is 29.1. The van der Waals surface area contributed by atoms with Crippen LogP contribution in [0.2, 0.25) is 0 Å². The van der Waals surface area contributed by atoms with E-state index in [1.54, 1.807) is 61.8 Å². The van der Waals surface area contributed by atoms with Crippen molar-refractivity contribution in [3.05, 3.63) is 121 Å². The minimum atomic E-state index is -3.43. The standard InChI is InChI=1S/C38H31N3O4S3/c1-38(2,48(4,44)45)29-21-26-11-7-18-40-34(26)33(22-29)25-8-5-9-27(20-25)36-35(24-13-15-30(16-14-24)47(3,42)43)41-37(46-36)32-12-6-10-28-23-39-19-17-31(28)32/h5-23H,1-4H3. The average molecular weight is 690 g/mol. The molecule has 0 aliphatic carbocycles. The van der Waals surface area contributed by atoms with Gasteiger partial charge in [-0.2, -0.15) is 0 Å². The summed E-state index contributed by atoms with van der Waals surface area (Å²) in [5, 5.41) is 3.70. The van der Waals surface area contributed by atoms with E-state index in [4.69, 9.17) is 9.97 Å². The van der Waals surface area contributed by atoms with Gasteiger partial charge in [-0.05, 0) is 78.4 Å². The van der Waals surface area contributed by atoms with Crippen molar-refractivity contribution in [1.82, 2.24) is 15.0 Å². The van der Waals surface area contributed by atoms with Crippen LogP contribution in [0, 0.1) is 0 Å². The van der Waals surface area contributed by atoms with Crippen LogP contribution in [-0.2, 0) is 24.4 Å². The summed E-state index contributed by atoms with van der Waals surface area (Å²) >= 11 is 1.56. The van der Waals surface area contributed by atoms with Crippen LogP contribution in [0.3, 0.4) is 0 Å². The Morgan fingerprint density at radius 3 is 2.17 bits per heavy atom. The molecule has 0 fully saturated rings. The number of hydrogen-bond acceptors (Lipinski definition) is 8. The van der Waals surface area contributed by atoms with Gasteiger partial charge in [-0.15, -0.1) is 11.3 Å². The van der Waals surface area contributed by atoms with Gasteiger partial charge in [0.2, 0.25) is 0 Å². The summed E-state index contributed by atoms with van der Waals surface area (Å²) in [7, 11) is -6.80. The van der Waals surface area contributed by atoms with Gasteiger partial charge < -0.3 is 0 Å². The molecule has 0 aliphatic rings. The molecule has 4 aromatic carbocycles. The fourth-order valence-electron chi connectivity index (χ4n) is 5.80. The lowest BCUT2D eigenvalue weighted by atomic mass is 9.92. The normalized spacial score (nSPS) is 12.5. The van der Waals surface area contributed by atoms with Crippen molar-refractivity contribution in [3.63, 3.8) is 0 Å². The molecule has 7 nitrogen and oxygen atoms in total. The van der Waals surface area contributed by atoms with Crippen LogP contribution in [0.1, 0.15) is 19.4 Å². The van der Waals surface area contributed by atoms with Crippen molar-refractivity contribution in [2.75, 3.05) is 12.5 Å². The van der Waals surface area contributed by atoms with E-state index >= 15 is 0 Å². The largest absolute Gasteiger partial charge is 0.264 e. The van der Waals surface area contributed by atoms with Gasteiger partial charge in [0.25, 0.3) is 0 Å². The summed E-state index contributed by atoms with van der Waals surface area (Å²) < 4.78 is 49.1. The maximum absolute atomic E-state index is 12.9. The van der Waals surface area contributed by atoms with E-state index in [9.17, 15) is 16.8 Å². The Labute approximate surface area is 283 Å². The molecule has 3 heterocycles. The number of sulfone groups is 2. The first-order valence-electron chi connectivity index (χ1n) is 15.2. The first-order valence-corrected chi connectivity index (χ1v) is 19.8. The molecule has 0 atom stereocenters. The lowest BCUT2D eigenvalue weighted by Gasteiger charge is -2.24. The molecule has 0 radical (unpaired) electrons.